The molecule has 2 N–H and O–H groups in total. The molecule has 0 amide bonds. The first-order valence-corrected chi connectivity index (χ1v) is 7.50. The number of hydrogen-bond donors (Lipinski definition) is 2. The average molecular weight is 274 g/mol. The van der Waals surface area contributed by atoms with Gasteiger partial charge in [-0.25, -0.2) is 0 Å². The second-order valence-corrected chi connectivity index (χ2v) is 5.49. The van der Waals surface area contributed by atoms with Crippen molar-refractivity contribution in [3.05, 3.63) is 29.8 Å². The minimum absolute atomic E-state index is 0.646. The van der Waals surface area contributed by atoms with Crippen LogP contribution in [0.3, 0.4) is 0 Å². The zero-order chi connectivity index (χ0) is 14.4. The third-order valence-corrected chi connectivity index (χ3v) is 3.39. The number of guanidine groups is 1. The predicted octanol–water partition coefficient (Wildman–Crippen LogP) is 2.01. The first kappa shape index (κ1) is 14.7. The summed E-state index contributed by atoms with van der Waals surface area (Å²) in [4.78, 5) is 6.75. The highest BCUT2D eigenvalue weighted by Crippen LogP contribution is 2.18. The lowest BCUT2D eigenvalue weighted by Crippen LogP contribution is -2.38. The lowest BCUT2D eigenvalue weighted by atomic mass is 10.1. The Hall–Kier alpha value is -1.71. The third-order valence-electron chi connectivity index (χ3n) is 3.39. The van der Waals surface area contributed by atoms with Gasteiger partial charge in [0.05, 0.1) is 0 Å². The Morgan fingerprint density at radius 3 is 2.50 bits per heavy atom. The number of hydrogen-bond acceptors (Lipinski definition) is 2. The summed E-state index contributed by atoms with van der Waals surface area (Å²) < 4.78 is 0. The molecule has 0 aliphatic heterocycles. The zero-order valence-electron chi connectivity index (χ0n) is 12.8. The summed E-state index contributed by atoms with van der Waals surface area (Å²) in [6.45, 7) is 3.84. The summed E-state index contributed by atoms with van der Waals surface area (Å²) in [7, 11) is 4.12. The predicted molar refractivity (Wildman–Crippen MR) is 86.6 cm³/mol. The van der Waals surface area contributed by atoms with Crippen molar-refractivity contribution in [3.8, 4) is 0 Å². The van der Waals surface area contributed by atoms with Crippen molar-refractivity contribution in [1.82, 2.24) is 10.6 Å². The van der Waals surface area contributed by atoms with Crippen LogP contribution in [0.2, 0.25) is 0 Å². The van der Waals surface area contributed by atoms with Gasteiger partial charge < -0.3 is 15.5 Å². The fraction of sp³-hybridized carbons (Fsp3) is 0.562. The molecule has 1 fully saturated rings. The van der Waals surface area contributed by atoms with Crippen LogP contribution < -0.4 is 15.5 Å². The first-order valence-electron chi connectivity index (χ1n) is 7.50. The maximum atomic E-state index is 4.63. The standard InChI is InChI=1S/C16H26N4/c1-4-17-16(19-14-7-8-14)18-12-11-13-5-9-15(10-6-13)20(2)3/h5-6,9-10,14H,4,7-8,11-12H2,1-3H3,(H2,17,18,19). The topological polar surface area (TPSA) is 39.7 Å². The Morgan fingerprint density at radius 1 is 1.25 bits per heavy atom. The molecule has 1 aromatic carbocycles. The van der Waals surface area contributed by atoms with Gasteiger partial charge in [-0.3, -0.25) is 4.99 Å². The fourth-order valence-corrected chi connectivity index (χ4v) is 2.00. The van der Waals surface area contributed by atoms with E-state index in [1.54, 1.807) is 0 Å². The minimum atomic E-state index is 0.646. The van der Waals surface area contributed by atoms with Gasteiger partial charge in [-0.15, -0.1) is 0 Å². The van der Waals surface area contributed by atoms with Crippen LogP contribution in [0.15, 0.2) is 29.3 Å². The molecule has 0 spiro atoms. The van der Waals surface area contributed by atoms with E-state index in [2.05, 4.69) is 65.8 Å². The Morgan fingerprint density at radius 2 is 1.95 bits per heavy atom. The van der Waals surface area contributed by atoms with Crippen molar-refractivity contribution in [1.29, 1.82) is 0 Å². The highest BCUT2D eigenvalue weighted by Gasteiger charge is 2.21. The summed E-state index contributed by atoms with van der Waals surface area (Å²) in [5.41, 5.74) is 2.57. The van der Waals surface area contributed by atoms with Crippen LogP contribution in [0.25, 0.3) is 0 Å². The molecule has 1 aromatic rings. The smallest absolute Gasteiger partial charge is 0.191 e. The van der Waals surface area contributed by atoms with E-state index in [-0.39, 0.29) is 0 Å². The molecule has 0 saturated heterocycles. The van der Waals surface area contributed by atoms with Gasteiger partial charge in [-0.2, -0.15) is 0 Å². The highest BCUT2D eigenvalue weighted by molar-refractivity contribution is 5.80. The molecule has 0 unspecified atom stereocenters. The van der Waals surface area contributed by atoms with E-state index in [1.807, 2.05) is 0 Å². The van der Waals surface area contributed by atoms with E-state index in [0.29, 0.717) is 6.04 Å². The number of rotatable bonds is 6. The summed E-state index contributed by atoms with van der Waals surface area (Å²) >= 11 is 0. The monoisotopic (exact) mass is 274 g/mol. The number of anilines is 1. The Kier molecular flexibility index (Phi) is 5.27. The zero-order valence-corrected chi connectivity index (χ0v) is 12.8. The summed E-state index contributed by atoms with van der Waals surface area (Å²) in [6, 6.07) is 9.34. The minimum Gasteiger partial charge on any atom is -0.378 e. The van der Waals surface area contributed by atoms with E-state index in [1.165, 1.54) is 24.1 Å². The SMILES string of the molecule is CCNC(=NCCc1ccc(N(C)C)cc1)NC1CC1. The Bertz CT molecular complexity index is 432. The van der Waals surface area contributed by atoms with Crippen LogP contribution in [-0.4, -0.2) is 39.2 Å². The Balaban J connectivity index is 1.83. The Labute approximate surface area is 122 Å². The number of nitrogens with one attached hydrogen (secondary N) is 2. The van der Waals surface area contributed by atoms with E-state index in [9.17, 15) is 0 Å². The molecular weight excluding hydrogens is 248 g/mol. The molecule has 20 heavy (non-hydrogen) atoms. The second kappa shape index (κ2) is 7.17. The molecule has 4 heteroatoms. The molecular formula is C16H26N4. The van der Waals surface area contributed by atoms with Crippen LogP contribution in [0.4, 0.5) is 5.69 Å². The lowest BCUT2D eigenvalue weighted by Gasteiger charge is -2.12. The molecule has 110 valence electrons. The van der Waals surface area contributed by atoms with Gasteiger partial charge in [-0.1, -0.05) is 12.1 Å². The highest BCUT2D eigenvalue weighted by atomic mass is 15.2. The van der Waals surface area contributed by atoms with Crippen molar-refractivity contribution < 1.29 is 0 Å². The second-order valence-electron chi connectivity index (χ2n) is 5.49. The van der Waals surface area contributed by atoms with Gasteiger partial charge in [0.25, 0.3) is 0 Å². The van der Waals surface area contributed by atoms with Gasteiger partial charge >= 0.3 is 0 Å². The lowest BCUT2D eigenvalue weighted by molar-refractivity contribution is 0.808. The van der Waals surface area contributed by atoms with Crippen molar-refractivity contribution in [3.63, 3.8) is 0 Å². The van der Waals surface area contributed by atoms with E-state index in [4.69, 9.17) is 0 Å². The molecule has 1 saturated carbocycles. The molecule has 0 bridgehead atoms. The van der Waals surface area contributed by atoms with E-state index in [0.717, 1.165) is 25.5 Å². The first-order chi connectivity index (χ1) is 9.69. The number of benzene rings is 1. The van der Waals surface area contributed by atoms with Gasteiger partial charge in [0, 0.05) is 38.9 Å². The fourth-order valence-electron chi connectivity index (χ4n) is 2.00. The van der Waals surface area contributed by atoms with Crippen molar-refractivity contribution in [2.24, 2.45) is 4.99 Å². The van der Waals surface area contributed by atoms with E-state index < -0.39 is 0 Å². The maximum Gasteiger partial charge on any atom is 0.191 e. The van der Waals surface area contributed by atoms with Crippen molar-refractivity contribution in [2.75, 3.05) is 32.1 Å². The van der Waals surface area contributed by atoms with Crippen molar-refractivity contribution in [2.45, 2.75) is 32.2 Å². The van der Waals surface area contributed by atoms with Crippen LogP contribution in [0.5, 0.6) is 0 Å². The molecule has 1 aliphatic carbocycles. The molecule has 1 aliphatic rings. The van der Waals surface area contributed by atoms with Gasteiger partial charge in [0.15, 0.2) is 5.96 Å². The van der Waals surface area contributed by atoms with Crippen LogP contribution in [0.1, 0.15) is 25.3 Å². The van der Waals surface area contributed by atoms with Crippen LogP contribution in [-0.2, 0) is 6.42 Å². The molecule has 0 heterocycles. The normalized spacial score (nSPS) is 15.1. The van der Waals surface area contributed by atoms with Gasteiger partial charge in [-0.05, 0) is 43.9 Å². The van der Waals surface area contributed by atoms with Gasteiger partial charge in [0.2, 0.25) is 0 Å². The average Bonchev–Trinajstić information content (AvgIpc) is 3.23. The van der Waals surface area contributed by atoms with Crippen LogP contribution in [0, 0.1) is 0 Å². The third kappa shape index (κ3) is 4.76. The summed E-state index contributed by atoms with van der Waals surface area (Å²) in [5, 5.41) is 6.73. The van der Waals surface area contributed by atoms with E-state index >= 15 is 0 Å². The molecule has 4 nitrogen and oxygen atoms in total. The molecule has 0 aromatic heterocycles. The van der Waals surface area contributed by atoms with Gasteiger partial charge in [0.1, 0.15) is 0 Å². The molecule has 2 rings (SSSR count). The van der Waals surface area contributed by atoms with Crippen molar-refractivity contribution >= 4 is 11.6 Å². The number of aliphatic imine (C=N–C) groups is 1. The number of nitrogens with zero attached hydrogens (tertiary/aromatic N) is 2. The summed E-state index contributed by atoms with van der Waals surface area (Å²) in [5.74, 6) is 0.958. The molecule has 0 radical (unpaired) electrons. The summed E-state index contributed by atoms with van der Waals surface area (Å²) in [6.07, 6.45) is 3.53. The maximum absolute atomic E-state index is 4.63. The molecule has 0 atom stereocenters. The van der Waals surface area contributed by atoms with Crippen LogP contribution >= 0.6 is 0 Å². The largest absolute Gasteiger partial charge is 0.378 e. The quantitative estimate of drug-likeness (QED) is 0.616.